The second-order valence-electron chi connectivity index (χ2n) is 11.3. The van der Waals surface area contributed by atoms with Crippen molar-refractivity contribution in [2.45, 2.75) is 50.4 Å². The number of rotatable bonds is 2. The van der Waals surface area contributed by atoms with Crippen LogP contribution < -0.4 is 0 Å². The summed E-state index contributed by atoms with van der Waals surface area (Å²) in [5.74, 6) is -1.20. The van der Waals surface area contributed by atoms with Crippen molar-refractivity contribution in [3.05, 3.63) is 59.7 Å². The molecule has 5 heteroatoms. The number of cyclic esters (lactones) is 2. The smallest absolute Gasteiger partial charge is 0.317 e. The van der Waals surface area contributed by atoms with E-state index in [0.29, 0.717) is 19.3 Å². The lowest BCUT2D eigenvalue weighted by atomic mass is 9.51. The average molecular weight is 469 g/mol. The molecule has 35 heavy (non-hydrogen) atoms. The molecule has 0 spiro atoms. The van der Waals surface area contributed by atoms with E-state index in [1.54, 1.807) is 0 Å². The monoisotopic (exact) mass is 468 g/mol. The molecular weight excluding hydrogens is 440 g/mol. The van der Waals surface area contributed by atoms with Gasteiger partial charge in [-0.1, -0.05) is 48.5 Å². The zero-order valence-electron chi connectivity index (χ0n) is 19.6. The van der Waals surface area contributed by atoms with E-state index in [-0.39, 0.29) is 70.8 Å². The van der Waals surface area contributed by atoms with Crippen LogP contribution in [-0.4, -0.2) is 23.5 Å². The highest BCUT2D eigenvalue weighted by atomic mass is 16.6. The third-order valence-corrected chi connectivity index (χ3v) is 10.0. The van der Waals surface area contributed by atoms with Gasteiger partial charge in [-0.3, -0.25) is 19.2 Å². The molecule has 0 aromatic heterocycles. The summed E-state index contributed by atoms with van der Waals surface area (Å²) in [6.07, 6.45) is 4.55. The first-order valence-corrected chi connectivity index (χ1v) is 13.0. The lowest BCUT2D eigenvalue weighted by Gasteiger charge is -2.51. The maximum absolute atomic E-state index is 12.9. The van der Waals surface area contributed by atoms with E-state index in [4.69, 9.17) is 4.74 Å². The van der Waals surface area contributed by atoms with Crippen molar-refractivity contribution in [1.82, 2.24) is 0 Å². The van der Waals surface area contributed by atoms with Gasteiger partial charge in [0.1, 0.15) is 11.6 Å². The fourth-order valence-corrected chi connectivity index (χ4v) is 8.65. The van der Waals surface area contributed by atoms with Crippen molar-refractivity contribution in [3.63, 3.8) is 0 Å². The minimum Gasteiger partial charge on any atom is -0.393 e. The predicted octanol–water partition coefficient (Wildman–Crippen LogP) is 4.64. The Morgan fingerprint density at radius 3 is 1.77 bits per heavy atom. The average Bonchev–Trinajstić information content (AvgIpc) is 3.46. The summed E-state index contributed by atoms with van der Waals surface area (Å²) >= 11 is 0. The van der Waals surface area contributed by atoms with Crippen LogP contribution in [0.1, 0.15) is 56.1 Å². The zero-order chi connectivity index (χ0) is 23.9. The molecule has 7 rings (SSSR count). The summed E-state index contributed by atoms with van der Waals surface area (Å²) in [4.78, 5) is 50.3. The minimum absolute atomic E-state index is 0.0867. The topological polar surface area (TPSA) is 77.5 Å². The summed E-state index contributed by atoms with van der Waals surface area (Å²) < 4.78 is 5.06. The van der Waals surface area contributed by atoms with E-state index in [1.807, 2.05) is 0 Å². The molecule has 0 N–H and O–H groups in total. The van der Waals surface area contributed by atoms with E-state index in [0.717, 1.165) is 19.3 Å². The Balaban J connectivity index is 1.40. The highest BCUT2D eigenvalue weighted by molar-refractivity contribution is 6.08. The molecule has 1 aliphatic heterocycles. The summed E-state index contributed by atoms with van der Waals surface area (Å²) in [6, 6.07) is 17.2. The van der Waals surface area contributed by atoms with Crippen LogP contribution in [0, 0.1) is 35.5 Å². The maximum atomic E-state index is 12.9. The van der Waals surface area contributed by atoms with Gasteiger partial charge in [-0.25, -0.2) is 0 Å². The van der Waals surface area contributed by atoms with Gasteiger partial charge in [0.05, 0.1) is 18.3 Å². The van der Waals surface area contributed by atoms with Gasteiger partial charge < -0.3 is 4.74 Å². The molecule has 2 aromatic carbocycles. The van der Waals surface area contributed by atoms with Gasteiger partial charge in [0.25, 0.3) is 0 Å². The third-order valence-electron chi connectivity index (χ3n) is 10.0. The van der Waals surface area contributed by atoms with E-state index in [9.17, 15) is 19.2 Å². The van der Waals surface area contributed by atoms with Crippen LogP contribution in [0.25, 0.3) is 11.1 Å². The number of hydrogen-bond donors (Lipinski definition) is 0. The summed E-state index contributed by atoms with van der Waals surface area (Å²) in [7, 11) is 0. The first kappa shape index (κ1) is 21.2. The quantitative estimate of drug-likeness (QED) is 0.474. The number of esters is 2. The van der Waals surface area contributed by atoms with Crippen LogP contribution in [0.2, 0.25) is 0 Å². The largest absolute Gasteiger partial charge is 0.393 e. The van der Waals surface area contributed by atoms with Crippen molar-refractivity contribution in [2.75, 3.05) is 0 Å². The number of ketones is 2. The summed E-state index contributed by atoms with van der Waals surface area (Å²) in [5.41, 5.74) is 4.67. The number of carbonyl (C=O) groups excluding carboxylic acids is 4. The van der Waals surface area contributed by atoms with Gasteiger partial charge in [0, 0.05) is 17.3 Å². The van der Waals surface area contributed by atoms with Gasteiger partial charge in [-0.05, 0) is 72.6 Å². The molecule has 178 valence electrons. The fourth-order valence-electron chi connectivity index (χ4n) is 8.65. The van der Waals surface area contributed by atoms with Crippen LogP contribution in [0.3, 0.4) is 0 Å². The van der Waals surface area contributed by atoms with E-state index >= 15 is 0 Å². The molecule has 6 unspecified atom stereocenters. The number of hydrogen-bond acceptors (Lipinski definition) is 5. The molecule has 0 radical (unpaired) electrons. The second kappa shape index (κ2) is 7.46. The minimum atomic E-state index is -0.385. The standard InChI is InChI=1S/C30H28O5/c31-26-15-27(32)22-13-16(9-11-20(22)26)30(17-10-12-21-23(14-17)29(34)35-28(21)33)24-7-3-1-5-18(24)19-6-2-4-8-25(19)30/h1-8,16-17,20-23H,9-15H2. The fraction of sp³-hybridized carbons (Fsp3) is 0.467. The highest BCUT2D eigenvalue weighted by Crippen LogP contribution is 2.64. The number of ether oxygens (including phenoxy) is 1. The zero-order valence-corrected chi connectivity index (χ0v) is 19.6. The van der Waals surface area contributed by atoms with Crippen LogP contribution >= 0.6 is 0 Å². The van der Waals surface area contributed by atoms with E-state index < -0.39 is 0 Å². The molecular formula is C30H28O5. The van der Waals surface area contributed by atoms with Crippen LogP contribution in [0.4, 0.5) is 0 Å². The molecule has 0 bridgehead atoms. The predicted molar refractivity (Wildman–Crippen MR) is 127 cm³/mol. The highest BCUT2D eigenvalue weighted by Gasteiger charge is 2.60. The van der Waals surface area contributed by atoms with Gasteiger partial charge in [0.15, 0.2) is 0 Å². The molecule has 5 aliphatic rings. The molecule has 1 heterocycles. The summed E-state index contributed by atoms with van der Waals surface area (Å²) in [6.45, 7) is 0. The number of carbonyl (C=O) groups is 4. The summed E-state index contributed by atoms with van der Waals surface area (Å²) in [5, 5.41) is 0. The molecule has 1 saturated heterocycles. The number of benzene rings is 2. The molecule has 0 amide bonds. The Labute approximate surface area is 204 Å². The van der Waals surface area contributed by atoms with Crippen molar-refractivity contribution >= 4 is 23.5 Å². The van der Waals surface area contributed by atoms with Crippen molar-refractivity contribution in [1.29, 1.82) is 0 Å². The van der Waals surface area contributed by atoms with E-state index in [2.05, 4.69) is 48.5 Å². The van der Waals surface area contributed by atoms with Gasteiger partial charge in [0.2, 0.25) is 0 Å². The Hall–Kier alpha value is -3.08. The molecule has 3 saturated carbocycles. The van der Waals surface area contributed by atoms with Crippen LogP contribution in [0.5, 0.6) is 0 Å². The van der Waals surface area contributed by atoms with Crippen molar-refractivity contribution in [2.24, 2.45) is 35.5 Å². The Kier molecular flexibility index (Phi) is 4.52. The van der Waals surface area contributed by atoms with Gasteiger partial charge >= 0.3 is 11.9 Å². The molecule has 4 fully saturated rings. The first-order chi connectivity index (χ1) is 17.0. The SMILES string of the molecule is O=C1CC(=O)C2CC(C3(C4CCC5C(=O)OC(=O)C5C4)c4ccccc4-c4ccccc43)CCC12. The molecule has 2 aromatic rings. The third kappa shape index (κ3) is 2.75. The number of fused-ring (bicyclic) bond motifs is 5. The number of Topliss-reactive ketones (excluding diaryl/α,β-unsaturated/α-hetero) is 2. The molecule has 5 nitrogen and oxygen atoms in total. The Morgan fingerprint density at radius 2 is 1.11 bits per heavy atom. The maximum Gasteiger partial charge on any atom is 0.317 e. The molecule has 6 atom stereocenters. The van der Waals surface area contributed by atoms with Crippen molar-refractivity contribution < 1.29 is 23.9 Å². The first-order valence-electron chi connectivity index (χ1n) is 13.0. The normalized spacial score (nSPS) is 34.7. The van der Waals surface area contributed by atoms with Crippen LogP contribution in [0.15, 0.2) is 48.5 Å². The van der Waals surface area contributed by atoms with Gasteiger partial charge in [-0.2, -0.15) is 0 Å². The van der Waals surface area contributed by atoms with Crippen LogP contribution in [-0.2, 0) is 29.3 Å². The lowest BCUT2D eigenvalue weighted by Crippen LogP contribution is -2.48. The van der Waals surface area contributed by atoms with Crippen molar-refractivity contribution in [3.8, 4) is 11.1 Å². The van der Waals surface area contributed by atoms with Gasteiger partial charge in [-0.15, -0.1) is 0 Å². The lowest BCUT2D eigenvalue weighted by molar-refractivity contribution is -0.153. The Morgan fingerprint density at radius 1 is 0.600 bits per heavy atom. The molecule has 4 aliphatic carbocycles. The Bertz CT molecular complexity index is 1190. The van der Waals surface area contributed by atoms with E-state index in [1.165, 1.54) is 22.3 Å². The second-order valence-corrected chi connectivity index (χ2v) is 11.3.